The number of allylic oxidation sites excluding steroid dienone is 4. The molecule has 0 spiro atoms. The number of hydrogen-bond acceptors (Lipinski definition) is 8. The van der Waals surface area contributed by atoms with Gasteiger partial charge in [-0.3, -0.25) is 9.69 Å². The van der Waals surface area contributed by atoms with Crippen LogP contribution in [0.25, 0.3) is 0 Å². The number of piperazine rings is 1. The number of carbonyl (C=O) groups is 1. The number of aliphatic carboxylic acids is 1. The first kappa shape index (κ1) is 30.6. The third-order valence-electron chi connectivity index (χ3n) is 7.54. The molecule has 2 heterocycles. The average Bonchev–Trinajstić information content (AvgIpc) is 2.89. The Morgan fingerprint density at radius 3 is 2.48 bits per heavy atom. The van der Waals surface area contributed by atoms with Crippen molar-refractivity contribution in [1.29, 1.82) is 0 Å². The molecule has 0 bridgehead atoms. The Labute approximate surface area is 236 Å². The molecule has 40 heavy (non-hydrogen) atoms. The topological polar surface area (TPSA) is 111 Å². The number of sulfonamides is 1. The Bertz CT molecular complexity index is 1280. The third kappa shape index (κ3) is 6.42. The van der Waals surface area contributed by atoms with Crippen LogP contribution in [0, 0.1) is 0 Å². The maximum Gasteiger partial charge on any atom is 0.421 e. The standard InChI is InChI=1S/C26H32F3N3O6S2/c1-25(35,26(27,28)29)18-6-8-19(9-7-18)32-11-10-31(40(36,37)23-5-3-2-4-22(23)39)16-21(32)15-30-12-13-38-17-20(30)14-24(33)34/h2-3,5-9,20-21,35H,4,10-17H2,1H3,(H,33,34)/t20-,21-,25+/m0/s1. The normalized spacial score (nSPS) is 25.0. The fourth-order valence-electron chi connectivity index (χ4n) is 5.17. The van der Waals surface area contributed by atoms with Crippen LogP contribution in [0.3, 0.4) is 0 Å². The number of carboxylic acids is 1. The zero-order valence-electron chi connectivity index (χ0n) is 21.9. The number of carboxylic acid groups (broad SMARTS) is 1. The molecule has 2 fully saturated rings. The molecule has 2 saturated heterocycles. The minimum atomic E-state index is -4.86. The van der Waals surface area contributed by atoms with E-state index in [0.29, 0.717) is 43.6 Å². The van der Waals surface area contributed by atoms with E-state index < -0.39 is 39.9 Å². The maximum absolute atomic E-state index is 13.6. The van der Waals surface area contributed by atoms with Crippen molar-refractivity contribution in [2.24, 2.45) is 0 Å². The number of halogens is 3. The van der Waals surface area contributed by atoms with Gasteiger partial charge in [0.25, 0.3) is 0 Å². The van der Waals surface area contributed by atoms with Gasteiger partial charge in [-0.1, -0.05) is 36.5 Å². The molecule has 9 nitrogen and oxygen atoms in total. The average molecular weight is 604 g/mol. The molecule has 0 radical (unpaired) electrons. The highest BCUT2D eigenvalue weighted by Crippen LogP contribution is 2.39. The van der Waals surface area contributed by atoms with Crippen LogP contribution in [0.15, 0.2) is 47.4 Å². The molecule has 220 valence electrons. The zero-order valence-corrected chi connectivity index (χ0v) is 23.5. The van der Waals surface area contributed by atoms with Gasteiger partial charge in [0.1, 0.15) is 0 Å². The van der Waals surface area contributed by atoms with Gasteiger partial charge in [-0.2, -0.15) is 17.5 Å². The second kappa shape index (κ2) is 11.9. The van der Waals surface area contributed by atoms with E-state index in [1.165, 1.54) is 34.6 Å². The summed E-state index contributed by atoms with van der Waals surface area (Å²) in [5.74, 6) is -0.983. The second-order valence-electron chi connectivity index (χ2n) is 10.2. The lowest BCUT2D eigenvalue weighted by molar-refractivity contribution is -0.258. The van der Waals surface area contributed by atoms with Crippen LogP contribution < -0.4 is 4.90 Å². The Morgan fingerprint density at radius 1 is 1.15 bits per heavy atom. The van der Waals surface area contributed by atoms with E-state index in [0.717, 1.165) is 0 Å². The maximum atomic E-state index is 13.6. The molecule has 14 heteroatoms. The molecule has 0 unspecified atom stereocenters. The van der Waals surface area contributed by atoms with Crippen LogP contribution in [0.1, 0.15) is 25.3 Å². The van der Waals surface area contributed by atoms with Crippen molar-refractivity contribution in [3.63, 3.8) is 0 Å². The van der Waals surface area contributed by atoms with Gasteiger partial charge in [-0.15, -0.1) is 0 Å². The lowest BCUT2D eigenvalue weighted by Gasteiger charge is -2.46. The molecule has 1 aliphatic carbocycles. The summed E-state index contributed by atoms with van der Waals surface area (Å²) in [5.41, 5.74) is -2.79. The Balaban J connectivity index is 1.63. The molecule has 1 aromatic carbocycles. The van der Waals surface area contributed by atoms with Crippen LogP contribution in [0.2, 0.25) is 0 Å². The second-order valence-corrected chi connectivity index (χ2v) is 12.6. The number of morpholine rings is 1. The number of aliphatic hydroxyl groups is 1. The van der Waals surface area contributed by atoms with Crippen molar-refractivity contribution in [1.82, 2.24) is 9.21 Å². The molecular weight excluding hydrogens is 571 g/mol. The van der Waals surface area contributed by atoms with Gasteiger partial charge in [-0.05, 0) is 30.7 Å². The highest BCUT2D eigenvalue weighted by molar-refractivity contribution is 7.96. The number of thiocarbonyl (C=S) groups is 1. The van der Waals surface area contributed by atoms with Crippen molar-refractivity contribution >= 4 is 38.8 Å². The summed E-state index contributed by atoms with van der Waals surface area (Å²) in [6, 6.07) is 4.50. The molecule has 2 aliphatic heterocycles. The van der Waals surface area contributed by atoms with E-state index in [1.54, 1.807) is 12.2 Å². The third-order valence-corrected chi connectivity index (χ3v) is 10.0. The van der Waals surface area contributed by atoms with Gasteiger partial charge in [0.15, 0.2) is 5.60 Å². The van der Waals surface area contributed by atoms with Crippen molar-refractivity contribution in [2.75, 3.05) is 50.8 Å². The number of rotatable bonds is 8. The predicted octanol–water partition coefficient (Wildman–Crippen LogP) is 2.67. The van der Waals surface area contributed by atoms with Gasteiger partial charge in [-0.25, -0.2) is 8.42 Å². The summed E-state index contributed by atoms with van der Waals surface area (Å²) in [6.07, 6.45) is 0.252. The van der Waals surface area contributed by atoms with Crippen molar-refractivity contribution in [2.45, 2.75) is 43.6 Å². The summed E-state index contributed by atoms with van der Waals surface area (Å²) in [4.78, 5) is 15.7. The molecule has 2 N–H and O–H groups in total. The molecule has 3 aliphatic rings. The number of hydrogen-bond donors (Lipinski definition) is 2. The summed E-state index contributed by atoms with van der Waals surface area (Å²) in [6.45, 7) is 2.46. The van der Waals surface area contributed by atoms with Crippen LogP contribution in [-0.4, -0.2) is 103 Å². The number of anilines is 1. The van der Waals surface area contributed by atoms with Gasteiger partial charge in [0, 0.05) is 55.7 Å². The number of ether oxygens (including phenoxy) is 1. The van der Waals surface area contributed by atoms with Gasteiger partial charge in [0.2, 0.25) is 10.0 Å². The first-order chi connectivity index (χ1) is 18.7. The Hall–Kier alpha value is -2.36. The minimum Gasteiger partial charge on any atom is -0.481 e. The van der Waals surface area contributed by atoms with Crippen molar-refractivity contribution in [3.8, 4) is 0 Å². The van der Waals surface area contributed by atoms with Gasteiger partial charge >= 0.3 is 12.1 Å². The van der Waals surface area contributed by atoms with Crippen LogP contribution in [0.5, 0.6) is 0 Å². The van der Waals surface area contributed by atoms with Gasteiger partial charge < -0.3 is 19.8 Å². The van der Waals surface area contributed by atoms with E-state index >= 15 is 0 Å². The first-order valence-corrected chi connectivity index (χ1v) is 14.7. The van der Waals surface area contributed by atoms with E-state index in [-0.39, 0.29) is 43.1 Å². The highest BCUT2D eigenvalue weighted by atomic mass is 32.2. The quantitative estimate of drug-likeness (QED) is 0.434. The summed E-state index contributed by atoms with van der Waals surface area (Å²) < 4.78 is 74.1. The predicted molar refractivity (Wildman–Crippen MR) is 147 cm³/mol. The van der Waals surface area contributed by atoms with E-state index in [1.807, 2.05) is 9.80 Å². The largest absolute Gasteiger partial charge is 0.481 e. The summed E-state index contributed by atoms with van der Waals surface area (Å²) in [7, 11) is -3.91. The summed E-state index contributed by atoms with van der Waals surface area (Å²) >= 11 is 5.31. The fraction of sp³-hybridized carbons (Fsp3) is 0.538. The molecule has 1 aromatic rings. The van der Waals surface area contributed by atoms with E-state index in [4.69, 9.17) is 17.0 Å². The lowest BCUT2D eigenvalue weighted by Crippen LogP contribution is -2.61. The van der Waals surface area contributed by atoms with Crippen LogP contribution in [0.4, 0.5) is 18.9 Å². The smallest absolute Gasteiger partial charge is 0.421 e. The van der Waals surface area contributed by atoms with E-state index in [9.17, 15) is 36.6 Å². The summed E-state index contributed by atoms with van der Waals surface area (Å²) in [5, 5.41) is 19.4. The highest BCUT2D eigenvalue weighted by Gasteiger charge is 2.51. The minimum absolute atomic E-state index is 0.0607. The van der Waals surface area contributed by atoms with Crippen LogP contribution in [-0.2, 0) is 25.2 Å². The Morgan fingerprint density at radius 2 is 1.85 bits per heavy atom. The molecular formula is C26H32F3N3O6S2. The van der Waals surface area contributed by atoms with Crippen LogP contribution >= 0.6 is 12.2 Å². The molecule has 3 atom stereocenters. The fourth-order valence-corrected chi connectivity index (χ4v) is 7.24. The molecule has 4 rings (SSSR count). The molecule has 0 aromatic heterocycles. The zero-order chi connectivity index (χ0) is 29.3. The lowest BCUT2D eigenvalue weighted by atomic mass is 9.95. The SMILES string of the molecule is C[C@@](O)(c1ccc(N2CCN(S(=O)(=O)C3=CC=CCC3=S)C[C@@H]2CN2CCOC[C@@H]2CC(=O)O)cc1)C(F)(F)F. The first-order valence-electron chi connectivity index (χ1n) is 12.8. The van der Waals surface area contributed by atoms with Crippen molar-refractivity contribution < 1.29 is 41.3 Å². The Kier molecular flexibility index (Phi) is 9.07. The number of alkyl halides is 3. The van der Waals surface area contributed by atoms with Gasteiger partial charge in [0.05, 0.1) is 30.6 Å². The van der Waals surface area contributed by atoms with Crippen molar-refractivity contribution in [3.05, 3.63) is 53.0 Å². The monoisotopic (exact) mass is 603 g/mol. The molecule has 0 saturated carbocycles. The molecule has 0 amide bonds. The van der Waals surface area contributed by atoms with E-state index in [2.05, 4.69) is 0 Å². The number of nitrogens with zero attached hydrogens (tertiary/aromatic N) is 3. The number of benzene rings is 1.